The Bertz CT molecular complexity index is 1130. The summed E-state index contributed by atoms with van der Waals surface area (Å²) in [5.41, 5.74) is 1.32. The summed E-state index contributed by atoms with van der Waals surface area (Å²) < 4.78 is 10.2. The molecule has 2 heterocycles. The van der Waals surface area contributed by atoms with Gasteiger partial charge in [-0.25, -0.2) is 0 Å². The lowest BCUT2D eigenvalue weighted by atomic mass is 10.1. The standard InChI is InChI=1S/C19H12N4O5/c24-18(16-6-3-11-27-16)20-13-9-7-12(8-10-13)17-21-19(28-22-17)14-4-1-2-5-15(14)23(25)26/h1-11H,(H,20,24). The number of nitro benzene ring substituents is 1. The molecule has 0 bridgehead atoms. The van der Waals surface area contributed by atoms with Gasteiger partial charge in [0.15, 0.2) is 5.76 Å². The number of nitrogens with zero attached hydrogens (tertiary/aromatic N) is 3. The van der Waals surface area contributed by atoms with E-state index >= 15 is 0 Å². The summed E-state index contributed by atoms with van der Waals surface area (Å²) in [6.07, 6.45) is 1.42. The van der Waals surface area contributed by atoms with E-state index in [-0.39, 0.29) is 34.6 Å². The zero-order valence-electron chi connectivity index (χ0n) is 14.2. The number of carbonyl (C=O) groups is 1. The van der Waals surface area contributed by atoms with E-state index in [1.807, 2.05) is 0 Å². The summed E-state index contributed by atoms with van der Waals surface area (Å²) in [5, 5.41) is 17.7. The molecule has 2 aromatic carbocycles. The maximum absolute atomic E-state index is 12.0. The first-order chi connectivity index (χ1) is 13.6. The number of nitrogens with one attached hydrogen (secondary N) is 1. The first-order valence-corrected chi connectivity index (χ1v) is 8.14. The number of benzene rings is 2. The summed E-state index contributed by atoms with van der Waals surface area (Å²) in [7, 11) is 0. The van der Waals surface area contributed by atoms with Crippen molar-refractivity contribution in [2.24, 2.45) is 0 Å². The number of carbonyl (C=O) groups excluding carboxylic acids is 1. The van der Waals surface area contributed by atoms with E-state index in [0.717, 1.165) is 0 Å². The zero-order valence-corrected chi connectivity index (χ0v) is 14.2. The van der Waals surface area contributed by atoms with Crippen LogP contribution in [0.25, 0.3) is 22.8 Å². The highest BCUT2D eigenvalue weighted by Gasteiger charge is 2.20. The van der Waals surface area contributed by atoms with Gasteiger partial charge in [-0.15, -0.1) is 0 Å². The van der Waals surface area contributed by atoms with Crippen LogP contribution in [0.2, 0.25) is 0 Å². The van der Waals surface area contributed by atoms with Gasteiger partial charge in [0.25, 0.3) is 17.5 Å². The van der Waals surface area contributed by atoms with Crippen LogP contribution in [0.4, 0.5) is 11.4 Å². The predicted octanol–water partition coefficient (Wildman–Crippen LogP) is 4.16. The van der Waals surface area contributed by atoms with Gasteiger partial charge >= 0.3 is 0 Å². The maximum atomic E-state index is 12.0. The highest BCUT2D eigenvalue weighted by atomic mass is 16.6. The molecule has 0 aliphatic rings. The van der Waals surface area contributed by atoms with Gasteiger partial charge < -0.3 is 14.3 Å². The Labute approximate surface area is 157 Å². The van der Waals surface area contributed by atoms with Crippen LogP contribution in [0.1, 0.15) is 10.6 Å². The summed E-state index contributed by atoms with van der Waals surface area (Å²) in [5.74, 6) is 0.168. The second-order valence-electron chi connectivity index (χ2n) is 5.71. The van der Waals surface area contributed by atoms with E-state index < -0.39 is 4.92 Å². The predicted molar refractivity (Wildman–Crippen MR) is 98.5 cm³/mol. The van der Waals surface area contributed by atoms with E-state index in [4.69, 9.17) is 8.94 Å². The van der Waals surface area contributed by atoms with Crippen LogP contribution in [0, 0.1) is 10.1 Å². The molecule has 9 nitrogen and oxygen atoms in total. The highest BCUT2D eigenvalue weighted by Crippen LogP contribution is 2.30. The molecule has 0 saturated heterocycles. The smallest absolute Gasteiger partial charge is 0.291 e. The molecule has 4 rings (SSSR count). The molecule has 4 aromatic rings. The Kier molecular flexibility index (Phi) is 4.38. The summed E-state index contributed by atoms with van der Waals surface area (Å²) in [6, 6.07) is 16.1. The molecule has 0 radical (unpaired) electrons. The molecule has 0 saturated carbocycles. The number of hydrogen-bond donors (Lipinski definition) is 1. The number of nitro groups is 1. The lowest BCUT2D eigenvalue weighted by molar-refractivity contribution is -0.384. The van der Waals surface area contributed by atoms with Gasteiger partial charge in [-0.1, -0.05) is 17.3 Å². The molecule has 0 spiro atoms. The Morgan fingerprint density at radius 2 is 1.82 bits per heavy atom. The Morgan fingerprint density at radius 1 is 1.04 bits per heavy atom. The summed E-state index contributed by atoms with van der Waals surface area (Å²) >= 11 is 0. The summed E-state index contributed by atoms with van der Waals surface area (Å²) in [6.45, 7) is 0. The normalized spacial score (nSPS) is 10.6. The van der Waals surface area contributed by atoms with Crippen molar-refractivity contribution in [3.8, 4) is 22.8 Å². The molecular weight excluding hydrogens is 364 g/mol. The Morgan fingerprint density at radius 3 is 2.54 bits per heavy atom. The van der Waals surface area contributed by atoms with Crippen LogP contribution < -0.4 is 5.32 Å². The minimum Gasteiger partial charge on any atom is -0.459 e. The topological polar surface area (TPSA) is 124 Å². The molecule has 0 fully saturated rings. The third-order valence-corrected chi connectivity index (χ3v) is 3.90. The molecule has 1 amide bonds. The molecule has 0 atom stereocenters. The number of hydrogen-bond acceptors (Lipinski definition) is 7. The third-order valence-electron chi connectivity index (χ3n) is 3.90. The van der Waals surface area contributed by atoms with Crippen molar-refractivity contribution < 1.29 is 18.7 Å². The van der Waals surface area contributed by atoms with Gasteiger partial charge in [-0.2, -0.15) is 4.98 Å². The van der Waals surface area contributed by atoms with Gasteiger partial charge in [-0.3, -0.25) is 14.9 Å². The number of rotatable bonds is 5. The number of anilines is 1. The van der Waals surface area contributed by atoms with Crippen LogP contribution in [0.5, 0.6) is 0 Å². The van der Waals surface area contributed by atoms with E-state index in [9.17, 15) is 14.9 Å². The number of amides is 1. The fourth-order valence-corrected chi connectivity index (χ4v) is 2.57. The van der Waals surface area contributed by atoms with Crippen molar-refractivity contribution in [3.05, 3.63) is 82.8 Å². The first kappa shape index (κ1) is 17.2. The van der Waals surface area contributed by atoms with E-state index in [0.29, 0.717) is 11.3 Å². The van der Waals surface area contributed by atoms with Crippen molar-refractivity contribution in [2.45, 2.75) is 0 Å². The van der Waals surface area contributed by atoms with Crippen molar-refractivity contribution in [1.29, 1.82) is 0 Å². The molecule has 0 unspecified atom stereocenters. The highest BCUT2D eigenvalue weighted by molar-refractivity contribution is 6.02. The number of aromatic nitrogens is 2. The van der Waals surface area contributed by atoms with Gasteiger partial charge in [-0.05, 0) is 42.5 Å². The molecule has 138 valence electrons. The third kappa shape index (κ3) is 3.36. The Balaban J connectivity index is 1.55. The Hall–Kier alpha value is -4.27. The van der Waals surface area contributed by atoms with Crippen molar-refractivity contribution in [3.63, 3.8) is 0 Å². The van der Waals surface area contributed by atoms with Crippen LogP contribution in [-0.4, -0.2) is 21.0 Å². The molecule has 0 aliphatic heterocycles. The molecule has 28 heavy (non-hydrogen) atoms. The molecule has 0 aliphatic carbocycles. The monoisotopic (exact) mass is 376 g/mol. The van der Waals surface area contributed by atoms with Crippen molar-refractivity contribution in [1.82, 2.24) is 10.1 Å². The van der Waals surface area contributed by atoms with E-state index in [2.05, 4.69) is 15.5 Å². The second-order valence-corrected chi connectivity index (χ2v) is 5.71. The average molecular weight is 376 g/mol. The maximum Gasteiger partial charge on any atom is 0.291 e. The molecule has 9 heteroatoms. The fourth-order valence-electron chi connectivity index (χ4n) is 2.57. The summed E-state index contributed by atoms with van der Waals surface area (Å²) in [4.78, 5) is 26.9. The van der Waals surface area contributed by atoms with Gasteiger partial charge in [0, 0.05) is 17.3 Å². The first-order valence-electron chi connectivity index (χ1n) is 8.14. The number of furan rings is 1. The molecule has 1 N–H and O–H groups in total. The minimum atomic E-state index is -0.504. The SMILES string of the molecule is O=C(Nc1ccc(-c2noc(-c3ccccc3[N+](=O)[O-])n2)cc1)c1ccco1. The van der Waals surface area contributed by atoms with Crippen LogP contribution in [-0.2, 0) is 0 Å². The quantitative estimate of drug-likeness (QED) is 0.409. The lowest BCUT2D eigenvalue weighted by Gasteiger charge is -2.03. The zero-order chi connectivity index (χ0) is 19.5. The number of para-hydroxylation sites is 1. The second kappa shape index (κ2) is 7.16. The largest absolute Gasteiger partial charge is 0.459 e. The van der Waals surface area contributed by atoms with Gasteiger partial charge in [0.1, 0.15) is 5.56 Å². The van der Waals surface area contributed by atoms with E-state index in [1.165, 1.54) is 12.3 Å². The minimum absolute atomic E-state index is 0.0532. The van der Waals surface area contributed by atoms with Crippen LogP contribution in [0.3, 0.4) is 0 Å². The van der Waals surface area contributed by atoms with E-state index in [1.54, 1.807) is 54.6 Å². The average Bonchev–Trinajstić information content (AvgIpc) is 3.41. The van der Waals surface area contributed by atoms with Crippen LogP contribution >= 0.6 is 0 Å². The van der Waals surface area contributed by atoms with Gasteiger partial charge in [0.2, 0.25) is 5.82 Å². The van der Waals surface area contributed by atoms with Crippen molar-refractivity contribution >= 4 is 17.3 Å². The fraction of sp³-hybridized carbons (Fsp3) is 0. The van der Waals surface area contributed by atoms with Crippen LogP contribution in [0.15, 0.2) is 75.9 Å². The van der Waals surface area contributed by atoms with Crippen molar-refractivity contribution in [2.75, 3.05) is 5.32 Å². The lowest BCUT2D eigenvalue weighted by Crippen LogP contribution is -2.10. The molecule has 2 aromatic heterocycles. The van der Waals surface area contributed by atoms with Gasteiger partial charge in [0.05, 0.1) is 11.2 Å². The molecular formula is C19H12N4O5.